The Hall–Kier alpha value is -4.30. The first-order chi connectivity index (χ1) is 31.7. The molecule has 15 heteroatoms. The fourth-order valence-corrected chi connectivity index (χ4v) is 13.6. The average molecular weight is 903 g/mol. The van der Waals surface area contributed by atoms with Crippen LogP contribution in [0.3, 0.4) is 0 Å². The zero-order valence-electron chi connectivity index (χ0n) is 38.4. The lowest BCUT2D eigenvalue weighted by atomic mass is 9.62. The lowest BCUT2D eigenvalue weighted by Gasteiger charge is -2.52. The molecule has 4 N–H and O–H groups in total. The minimum Gasteiger partial charge on any atom is -0.490 e. The molecule has 346 valence electrons. The number of anilines is 1. The number of carbonyl (C=O) groups is 1. The van der Waals surface area contributed by atoms with Crippen molar-refractivity contribution in [2.75, 3.05) is 31.1 Å². The summed E-state index contributed by atoms with van der Waals surface area (Å²) in [4.78, 5) is 23.9. The molecule has 2 aromatic carbocycles. The Kier molecular flexibility index (Phi) is 13.1. The molecule has 14 nitrogen and oxygen atoms in total. The highest BCUT2D eigenvalue weighted by Crippen LogP contribution is 2.51. The number of nitrogens with zero attached hydrogens (tertiary/aromatic N) is 6. The quantitative estimate of drug-likeness (QED) is 0.155. The molecule has 0 bridgehead atoms. The third kappa shape index (κ3) is 9.36. The van der Waals surface area contributed by atoms with E-state index in [2.05, 4.69) is 111 Å². The lowest BCUT2D eigenvalue weighted by molar-refractivity contribution is -0.0239. The van der Waals surface area contributed by atoms with Gasteiger partial charge in [-0.1, -0.05) is 27.2 Å². The Morgan fingerprint density at radius 1 is 1.00 bits per heavy atom. The first kappa shape index (κ1) is 44.5. The molecule has 8 atom stereocenters. The number of nitriles is 1. The predicted octanol–water partition coefficient (Wildman–Crippen LogP) is 6.55. The molecule has 65 heavy (non-hydrogen) atoms. The summed E-state index contributed by atoms with van der Waals surface area (Å²) in [6.07, 6.45) is 10.9. The molecule has 2 saturated carbocycles. The van der Waals surface area contributed by atoms with Gasteiger partial charge in [-0.05, 0) is 142 Å². The standard InChI is InChI=1S/C50H66N10O4S/c1-5-7-34-24-39(15-10-35(34)28-51)63-38-16-11-36(12-17-38)53-48(61)41-18-19-43(57-56-41)59-22-6-20-50(29-59)26-40(27-50)64-37-13-8-33(9-14-37)46-45-30(2)31(3)65-49(45)60-32(4)55-58-47(60)42(54-46)25-44-52-21-23-62-44/h8-10,13-15,18-19,24,30-32,36,38,40,42,44-45,47,49,52,55,58H,5-7,11-12,16-17,20-23,25-27,29H2,1-4H3,(H,53,61)/t30?,31?,32?,36?,38?,40?,42-,44?,45?,47?,49?,50?/m0/s1. The summed E-state index contributed by atoms with van der Waals surface area (Å²) in [6.45, 7) is 12.6. The first-order valence-electron chi connectivity index (χ1n) is 24.4. The van der Waals surface area contributed by atoms with Crippen molar-refractivity contribution in [1.29, 1.82) is 5.26 Å². The zero-order valence-corrected chi connectivity index (χ0v) is 39.2. The second-order valence-electron chi connectivity index (χ2n) is 19.8. The van der Waals surface area contributed by atoms with Gasteiger partial charge in [0.25, 0.3) is 5.91 Å². The van der Waals surface area contributed by atoms with Crippen LogP contribution in [0.5, 0.6) is 11.5 Å². The van der Waals surface area contributed by atoms with E-state index in [9.17, 15) is 10.1 Å². The number of hydrazine groups is 1. The maximum atomic E-state index is 13.3. The molecule has 0 radical (unpaired) electrons. The van der Waals surface area contributed by atoms with Crippen molar-refractivity contribution < 1.29 is 19.0 Å². The number of aryl methyl sites for hydroxylation is 1. The van der Waals surface area contributed by atoms with Gasteiger partial charge in [-0.2, -0.15) is 5.26 Å². The summed E-state index contributed by atoms with van der Waals surface area (Å²) in [6, 6.07) is 20.7. The smallest absolute Gasteiger partial charge is 0.272 e. The normalized spacial score (nSPS) is 34.5. The summed E-state index contributed by atoms with van der Waals surface area (Å²) in [5.74, 6) is 3.18. The number of aliphatic imine (C=N–C) groups is 1. The van der Waals surface area contributed by atoms with Gasteiger partial charge in [0.2, 0.25) is 0 Å². The number of benzene rings is 2. The molecule has 5 aliphatic heterocycles. The number of amides is 1. The summed E-state index contributed by atoms with van der Waals surface area (Å²) >= 11 is 2.09. The molecule has 1 amide bonds. The highest BCUT2D eigenvalue weighted by molar-refractivity contribution is 8.00. The van der Waals surface area contributed by atoms with E-state index >= 15 is 0 Å². The second kappa shape index (κ2) is 19.1. The van der Waals surface area contributed by atoms with Gasteiger partial charge in [0.05, 0.1) is 54.2 Å². The van der Waals surface area contributed by atoms with Crippen LogP contribution in [-0.2, 0) is 11.2 Å². The summed E-state index contributed by atoms with van der Waals surface area (Å²) in [7, 11) is 0. The van der Waals surface area contributed by atoms with E-state index in [-0.39, 0.29) is 54.2 Å². The van der Waals surface area contributed by atoms with Crippen molar-refractivity contribution in [2.45, 2.75) is 152 Å². The number of aromatic nitrogens is 2. The van der Waals surface area contributed by atoms with Crippen LogP contribution in [-0.4, -0.2) is 106 Å². The van der Waals surface area contributed by atoms with Crippen molar-refractivity contribution >= 4 is 29.2 Å². The highest BCUT2D eigenvalue weighted by atomic mass is 32.2. The highest BCUT2D eigenvalue weighted by Gasteiger charge is 2.53. The van der Waals surface area contributed by atoms with Crippen molar-refractivity contribution in [1.82, 2.24) is 36.6 Å². The summed E-state index contributed by atoms with van der Waals surface area (Å²) in [5.41, 5.74) is 11.8. The molecule has 3 aromatic rings. The number of rotatable bonds is 12. The van der Waals surface area contributed by atoms with Gasteiger partial charge in [-0.15, -0.1) is 22.0 Å². The average Bonchev–Trinajstić information content (AvgIpc) is 4.02. The van der Waals surface area contributed by atoms with Crippen molar-refractivity contribution in [3.8, 4) is 17.6 Å². The van der Waals surface area contributed by atoms with Gasteiger partial charge >= 0.3 is 0 Å². The van der Waals surface area contributed by atoms with Gasteiger partial charge in [0.15, 0.2) is 11.5 Å². The largest absolute Gasteiger partial charge is 0.490 e. The third-order valence-electron chi connectivity index (χ3n) is 15.4. The van der Waals surface area contributed by atoms with Gasteiger partial charge in [0.1, 0.15) is 17.7 Å². The Labute approximate surface area is 388 Å². The number of ether oxygens (including phenoxy) is 3. The van der Waals surface area contributed by atoms with Crippen LogP contribution in [0.2, 0.25) is 0 Å². The Morgan fingerprint density at radius 3 is 2.54 bits per heavy atom. The summed E-state index contributed by atoms with van der Waals surface area (Å²) < 4.78 is 19.0. The van der Waals surface area contributed by atoms with E-state index in [4.69, 9.17) is 19.2 Å². The molecule has 1 spiro atoms. The zero-order chi connectivity index (χ0) is 44.7. The maximum absolute atomic E-state index is 13.3. The predicted molar refractivity (Wildman–Crippen MR) is 253 cm³/mol. The van der Waals surface area contributed by atoms with Crippen LogP contribution >= 0.6 is 11.8 Å². The molecule has 6 fully saturated rings. The Balaban J connectivity index is 0.718. The number of hydrogen-bond donors (Lipinski definition) is 4. The van der Waals surface area contributed by atoms with Gasteiger partial charge in [-0.25, -0.2) is 10.9 Å². The molecule has 2 aliphatic carbocycles. The van der Waals surface area contributed by atoms with Gasteiger partial charge in [-0.3, -0.25) is 20.0 Å². The fraction of sp³-hybridized carbons (Fsp3) is 0.620. The number of hydrogen-bond acceptors (Lipinski definition) is 14. The van der Waals surface area contributed by atoms with Crippen LogP contribution < -0.4 is 35.9 Å². The number of nitrogens with one attached hydrogen (secondary N) is 4. The minimum atomic E-state index is -0.180. The van der Waals surface area contributed by atoms with E-state index < -0.39 is 0 Å². The van der Waals surface area contributed by atoms with E-state index in [0.717, 1.165) is 113 Å². The number of carbonyl (C=O) groups excluding carboxylic acids is 1. The van der Waals surface area contributed by atoms with Crippen LogP contribution in [0.15, 0.2) is 59.6 Å². The second-order valence-corrected chi connectivity index (χ2v) is 21.3. The molecule has 4 saturated heterocycles. The minimum absolute atomic E-state index is 0.0159. The van der Waals surface area contributed by atoms with Crippen LogP contribution in [0, 0.1) is 28.6 Å². The van der Waals surface area contributed by atoms with Crippen molar-refractivity contribution in [3.63, 3.8) is 0 Å². The van der Waals surface area contributed by atoms with Crippen molar-refractivity contribution in [2.24, 2.45) is 22.2 Å². The Bertz CT molecular complexity index is 2220. The van der Waals surface area contributed by atoms with Crippen LogP contribution in [0.1, 0.15) is 119 Å². The Morgan fingerprint density at radius 2 is 1.80 bits per heavy atom. The monoisotopic (exact) mass is 902 g/mol. The van der Waals surface area contributed by atoms with Crippen LogP contribution in [0.25, 0.3) is 0 Å². The summed E-state index contributed by atoms with van der Waals surface area (Å²) in [5, 5.41) is 26.0. The molecular formula is C50H66N10O4S. The van der Waals surface area contributed by atoms with Gasteiger partial charge < -0.3 is 24.4 Å². The fourth-order valence-electron chi connectivity index (χ4n) is 11.8. The lowest BCUT2D eigenvalue weighted by Crippen LogP contribution is -2.54. The van der Waals surface area contributed by atoms with E-state index in [0.29, 0.717) is 33.7 Å². The van der Waals surface area contributed by atoms with E-state index in [1.54, 1.807) is 0 Å². The van der Waals surface area contributed by atoms with Crippen molar-refractivity contribution in [3.05, 3.63) is 77.0 Å². The SMILES string of the molecule is CCCc1cc(OC2CCC(NC(=O)c3ccc(N4CCCC5(CC(Oc6ccc(C7=N[C@@H](CC8NCCO8)C8NNC(C)N8C8SC(C)C(C)C78)cc6)C5)C4)nn3)CC2)ccc1C#N. The number of fused-ring (bicyclic) bond motifs is 3. The molecular weight excluding hydrogens is 837 g/mol. The van der Waals surface area contributed by atoms with E-state index in [1.807, 2.05) is 30.3 Å². The molecule has 7 unspecified atom stereocenters. The first-order valence-corrected chi connectivity index (χ1v) is 25.3. The molecule has 7 aliphatic rings. The topological polar surface area (TPSA) is 161 Å². The van der Waals surface area contributed by atoms with Gasteiger partial charge in [0, 0.05) is 49.0 Å². The molecule has 6 heterocycles. The molecule has 1 aromatic heterocycles. The number of thioether (sulfide) groups is 1. The maximum Gasteiger partial charge on any atom is 0.272 e. The molecule has 10 rings (SSSR count). The number of piperidine rings is 1. The van der Waals surface area contributed by atoms with E-state index in [1.165, 1.54) is 17.7 Å². The third-order valence-corrected chi connectivity index (χ3v) is 17.0. The van der Waals surface area contributed by atoms with Crippen LogP contribution in [0.4, 0.5) is 5.82 Å².